The Labute approximate surface area is 212 Å². The largest absolute Gasteiger partial charge is 0.419 e. The summed E-state index contributed by atoms with van der Waals surface area (Å²) in [6.45, 7) is 2.10. The highest BCUT2D eigenvalue weighted by Gasteiger charge is 2.45. The zero-order valence-corrected chi connectivity index (χ0v) is 21.2. The van der Waals surface area contributed by atoms with Gasteiger partial charge in [-0.05, 0) is 79.9 Å². The average Bonchev–Trinajstić information content (AvgIpc) is 3.41. The molecular formula is C29H40F4N2O. The van der Waals surface area contributed by atoms with Crippen LogP contribution in [0.5, 0.6) is 0 Å². The van der Waals surface area contributed by atoms with Gasteiger partial charge in [0.1, 0.15) is 5.82 Å². The fourth-order valence-electron chi connectivity index (χ4n) is 7.89. The number of fused-ring (bicyclic) bond motifs is 1. The van der Waals surface area contributed by atoms with Gasteiger partial charge in [-0.15, -0.1) is 0 Å². The highest BCUT2D eigenvalue weighted by atomic mass is 19.4. The molecule has 0 radical (unpaired) electrons. The van der Waals surface area contributed by atoms with Crippen LogP contribution in [0, 0.1) is 35.4 Å². The zero-order chi connectivity index (χ0) is 25.3. The van der Waals surface area contributed by atoms with E-state index in [1.807, 2.05) is 0 Å². The van der Waals surface area contributed by atoms with E-state index < -0.39 is 17.6 Å². The van der Waals surface area contributed by atoms with E-state index >= 15 is 0 Å². The smallest absolute Gasteiger partial charge is 0.353 e. The van der Waals surface area contributed by atoms with Gasteiger partial charge in [0, 0.05) is 31.6 Å². The number of hydrogen-bond donors (Lipinski definition) is 1. The Hall–Kier alpha value is -1.63. The molecule has 1 heterocycles. The van der Waals surface area contributed by atoms with E-state index in [2.05, 4.69) is 10.2 Å². The number of rotatable bonds is 6. The maximum atomic E-state index is 14.1. The number of halogens is 4. The maximum Gasteiger partial charge on any atom is 0.419 e. The SMILES string of the molecule is O=C(NC1CC[C@H]2CN(Cc3ccc(C(F)(F)F)c(F)c3)CC12)C(C1CCCCC1)C1CCCCC1. The molecule has 7 heteroatoms. The van der Waals surface area contributed by atoms with E-state index in [0.29, 0.717) is 35.8 Å². The van der Waals surface area contributed by atoms with Crippen molar-refractivity contribution in [1.29, 1.82) is 0 Å². The fraction of sp³-hybridized carbons (Fsp3) is 0.759. The quantitative estimate of drug-likeness (QED) is 0.422. The van der Waals surface area contributed by atoms with Crippen LogP contribution in [-0.2, 0) is 17.5 Å². The summed E-state index contributed by atoms with van der Waals surface area (Å²) < 4.78 is 52.7. The van der Waals surface area contributed by atoms with Gasteiger partial charge in [0.05, 0.1) is 5.56 Å². The minimum absolute atomic E-state index is 0.150. The van der Waals surface area contributed by atoms with Crippen LogP contribution >= 0.6 is 0 Å². The lowest BCUT2D eigenvalue weighted by Crippen LogP contribution is -2.47. The van der Waals surface area contributed by atoms with E-state index in [1.165, 1.54) is 70.3 Å². The Kier molecular flexibility index (Phi) is 7.95. The Morgan fingerprint density at radius 1 is 0.917 bits per heavy atom. The summed E-state index contributed by atoms with van der Waals surface area (Å²) in [5, 5.41) is 3.51. The molecule has 200 valence electrons. The second-order valence-electron chi connectivity index (χ2n) is 11.9. The number of likely N-dealkylation sites (tertiary alicyclic amines) is 1. The van der Waals surface area contributed by atoms with Gasteiger partial charge >= 0.3 is 6.18 Å². The predicted octanol–water partition coefficient (Wildman–Crippen LogP) is 6.95. The van der Waals surface area contributed by atoms with E-state index in [1.54, 1.807) is 0 Å². The van der Waals surface area contributed by atoms with Gasteiger partial charge in [-0.25, -0.2) is 4.39 Å². The topological polar surface area (TPSA) is 32.3 Å². The molecule has 4 aliphatic rings. The molecular weight excluding hydrogens is 468 g/mol. The van der Waals surface area contributed by atoms with Crippen LogP contribution in [0.3, 0.4) is 0 Å². The molecule has 3 atom stereocenters. The van der Waals surface area contributed by atoms with Crippen LogP contribution in [-0.4, -0.2) is 29.9 Å². The molecule has 1 amide bonds. The van der Waals surface area contributed by atoms with Crippen LogP contribution in [0.15, 0.2) is 18.2 Å². The molecule has 3 saturated carbocycles. The first-order chi connectivity index (χ1) is 17.3. The lowest BCUT2D eigenvalue weighted by atomic mass is 9.69. The molecule has 0 spiro atoms. The first-order valence-electron chi connectivity index (χ1n) is 14.2. The van der Waals surface area contributed by atoms with E-state index in [-0.39, 0.29) is 17.9 Å². The summed E-state index contributed by atoms with van der Waals surface area (Å²) in [7, 11) is 0. The number of alkyl halides is 3. The minimum Gasteiger partial charge on any atom is -0.353 e. The van der Waals surface area contributed by atoms with Crippen molar-refractivity contribution in [3.05, 3.63) is 35.1 Å². The van der Waals surface area contributed by atoms with Gasteiger partial charge < -0.3 is 5.32 Å². The van der Waals surface area contributed by atoms with Gasteiger partial charge in [0.25, 0.3) is 0 Å². The van der Waals surface area contributed by atoms with Gasteiger partial charge in [-0.3, -0.25) is 9.69 Å². The second kappa shape index (κ2) is 11.0. The van der Waals surface area contributed by atoms with Gasteiger partial charge in [-0.1, -0.05) is 44.6 Å². The van der Waals surface area contributed by atoms with Crippen LogP contribution < -0.4 is 5.32 Å². The summed E-state index contributed by atoms with van der Waals surface area (Å²) in [6.07, 6.45) is 9.69. The molecule has 4 fully saturated rings. The molecule has 1 aromatic carbocycles. The van der Waals surface area contributed by atoms with Crippen molar-refractivity contribution < 1.29 is 22.4 Å². The number of nitrogens with one attached hydrogen (secondary N) is 1. The summed E-state index contributed by atoms with van der Waals surface area (Å²) in [5.74, 6) is 1.12. The lowest BCUT2D eigenvalue weighted by molar-refractivity contribution is -0.140. The third-order valence-electron chi connectivity index (χ3n) is 9.62. The van der Waals surface area contributed by atoms with E-state index in [4.69, 9.17) is 0 Å². The van der Waals surface area contributed by atoms with E-state index in [0.717, 1.165) is 38.1 Å². The Bertz CT molecular complexity index is 889. The molecule has 3 aliphatic carbocycles. The van der Waals surface area contributed by atoms with Crippen molar-refractivity contribution in [3.8, 4) is 0 Å². The Morgan fingerprint density at radius 2 is 1.56 bits per heavy atom. The van der Waals surface area contributed by atoms with Gasteiger partial charge in [0.15, 0.2) is 0 Å². The average molecular weight is 509 g/mol. The number of carbonyl (C=O) groups excluding carboxylic acids is 1. The molecule has 0 aromatic heterocycles. The molecule has 1 aliphatic heterocycles. The molecule has 3 nitrogen and oxygen atoms in total. The third-order valence-corrected chi connectivity index (χ3v) is 9.62. The third kappa shape index (κ3) is 5.76. The lowest BCUT2D eigenvalue weighted by Gasteiger charge is -2.37. The Balaban J connectivity index is 1.21. The number of carbonyl (C=O) groups is 1. The highest BCUT2D eigenvalue weighted by Crippen LogP contribution is 2.42. The van der Waals surface area contributed by atoms with Crippen molar-refractivity contribution in [1.82, 2.24) is 10.2 Å². The second-order valence-corrected chi connectivity index (χ2v) is 11.9. The molecule has 1 aromatic rings. The summed E-state index contributed by atoms with van der Waals surface area (Å²) >= 11 is 0. The van der Waals surface area contributed by atoms with Crippen LogP contribution in [0.4, 0.5) is 17.6 Å². The summed E-state index contributed by atoms with van der Waals surface area (Å²) in [4.78, 5) is 16.0. The first-order valence-corrected chi connectivity index (χ1v) is 14.2. The van der Waals surface area contributed by atoms with E-state index in [9.17, 15) is 22.4 Å². The van der Waals surface area contributed by atoms with Gasteiger partial charge in [-0.2, -0.15) is 13.2 Å². The monoisotopic (exact) mass is 508 g/mol. The fourth-order valence-corrected chi connectivity index (χ4v) is 7.89. The first kappa shape index (κ1) is 26.0. The molecule has 1 N–H and O–H groups in total. The summed E-state index contributed by atoms with van der Waals surface area (Å²) in [5.41, 5.74) is -0.645. The molecule has 2 unspecified atom stereocenters. The molecule has 36 heavy (non-hydrogen) atoms. The van der Waals surface area contributed by atoms with Crippen molar-refractivity contribution in [2.45, 2.75) is 95.8 Å². The summed E-state index contributed by atoms with van der Waals surface area (Å²) in [6, 6.07) is 3.43. The number of benzene rings is 1. The van der Waals surface area contributed by atoms with Crippen LogP contribution in [0.2, 0.25) is 0 Å². The van der Waals surface area contributed by atoms with Crippen LogP contribution in [0.25, 0.3) is 0 Å². The van der Waals surface area contributed by atoms with Crippen LogP contribution in [0.1, 0.15) is 88.2 Å². The van der Waals surface area contributed by atoms with Crippen molar-refractivity contribution in [2.24, 2.45) is 29.6 Å². The maximum absolute atomic E-state index is 14.1. The molecule has 1 saturated heterocycles. The number of nitrogens with zero attached hydrogens (tertiary/aromatic N) is 1. The Morgan fingerprint density at radius 3 is 2.14 bits per heavy atom. The molecule has 5 rings (SSSR count). The normalized spacial score (nSPS) is 28.5. The zero-order valence-electron chi connectivity index (χ0n) is 21.2. The van der Waals surface area contributed by atoms with Gasteiger partial charge in [0.2, 0.25) is 5.91 Å². The standard InChI is InChI=1S/C29H40F4N2O/c30-25-15-19(11-13-24(25)29(31,32)33)16-35-17-22-12-14-26(23(22)18-35)34-28(36)27(20-7-3-1-4-8-20)21-9-5-2-6-10-21/h11,13,15,20-23,26-27H,1-10,12,14,16-18H2,(H,34,36)/t22-,23?,26?/m0/s1. The minimum atomic E-state index is -4.67. The van der Waals surface area contributed by atoms with Crippen molar-refractivity contribution in [3.63, 3.8) is 0 Å². The number of amides is 1. The number of hydrogen-bond acceptors (Lipinski definition) is 2. The van der Waals surface area contributed by atoms with Crippen molar-refractivity contribution >= 4 is 5.91 Å². The highest BCUT2D eigenvalue weighted by molar-refractivity contribution is 5.79. The van der Waals surface area contributed by atoms with Crippen molar-refractivity contribution in [2.75, 3.05) is 13.1 Å². The molecule has 0 bridgehead atoms. The predicted molar refractivity (Wildman–Crippen MR) is 131 cm³/mol.